The number of phenolic OH excluding ortho intramolecular Hbond substituents is 2. The predicted octanol–water partition coefficient (Wildman–Crippen LogP) is 3.18. The van der Waals surface area contributed by atoms with Gasteiger partial charge in [-0.2, -0.15) is 0 Å². The van der Waals surface area contributed by atoms with Crippen LogP contribution in [0.3, 0.4) is 0 Å². The molecule has 1 heterocycles. The minimum Gasteiger partial charge on any atom is -0.507 e. The lowest BCUT2D eigenvalue weighted by atomic mass is 10.1. The Bertz CT molecular complexity index is 1370. The van der Waals surface area contributed by atoms with E-state index < -0.39 is 17.7 Å². The minimum absolute atomic E-state index is 0.0822. The van der Waals surface area contributed by atoms with E-state index in [1.54, 1.807) is 38.4 Å². The number of hydrogen-bond acceptors (Lipinski definition) is 7. The fourth-order valence-electron chi connectivity index (χ4n) is 3.81. The van der Waals surface area contributed by atoms with Crippen molar-refractivity contribution < 1.29 is 24.5 Å². The highest BCUT2D eigenvalue weighted by molar-refractivity contribution is 5.98. The molecule has 1 aromatic heterocycles. The molecule has 4 N–H and O–H groups in total. The zero-order chi connectivity index (χ0) is 25.1. The molecule has 0 aliphatic rings. The molecular formula is C25H24FN5O4. The van der Waals surface area contributed by atoms with Crippen LogP contribution >= 0.6 is 0 Å². The number of nitrogens with one attached hydrogen (secondary N) is 1. The number of carbonyl (C=O) groups is 1. The van der Waals surface area contributed by atoms with Crippen molar-refractivity contribution in [3.05, 3.63) is 83.2 Å². The number of rotatable bonds is 7. The third-order valence-electron chi connectivity index (χ3n) is 5.51. The van der Waals surface area contributed by atoms with Crippen LogP contribution in [0.5, 0.6) is 17.5 Å². The number of carbonyl (C=O) groups excluding carboxylic acids is 1. The summed E-state index contributed by atoms with van der Waals surface area (Å²) in [6.07, 6.45) is 0. The number of nitrogens with zero attached hydrogens (tertiary/aromatic N) is 4. The van der Waals surface area contributed by atoms with Gasteiger partial charge in [-0.15, -0.1) is 5.10 Å². The molecule has 0 fully saturated rings. The summed E-state index contributed by atoms with van der Waals surface area (Å²) < 4.78 is 14.6. The van der Waals surface area contributed by atoms with Crippen molar-refractivity contribution in [3.8, 4) is 34.6 Å². The number of phenols is 2. The molecule has 0 spiro atoms. The van der Waals surface area contributed by atoms with E-state index in [-0.39, 0.29) is 35.1 Å². The second-order valence-corrected chi connectivity index (χ2v) is 7.99. The molecule has 1 amide bonds. The number of hydrogen-bond donors (Lipinski definition) is 4. The average Bonchev–Trinajstić information content (AvgIpc) is 3.21. The average molecular weight is 477 g/mol. The molecule has 0 radical (unpaired) electrons. The van der Waals surface area contributed by atoms with E-state index in [0.717, 1.165) is 11.6 Å². The molecular weight excluding hydrogens is 453 g/mol. The quantitative estimate of drug-likeness (QED) is 0.322. The first kappa shape index (κ1) is 23.7. The van der Waals surface area contributed by atoms with Gasteiger partial charge in [-0.25, -0.2) is 8.96 Å². The number of halogens is 1. The topological polar surface area (TPSA) is 124 Å². The van der Waals surface area contributed by atoms with Crippen molar-refractivity contribution in [2.75, 3.05) is 14.1 Å². The first-order chi connectivity index (χ1) is 16.8. The molecule has 0 aliphatic carbocycles. The Labute approximate surface area is 200 Å². The third-order valence-corrected chi connectivity index (χ3v) is 5.51. The second kappa shape index (κ2) is 9.82. The van der Waals surface area contributed by atoms with Crippen molar-refractivity contribution in [2.24, 2.45) is 0 Å². The van der Waals surface area contributed by atoms with Crippen LogP contribution in [-0.2, 0) is 13.1 Å². The van der Waals surface area contributed by atoms with Crippen LogP contribution in [0.4, 0.5) is 4.39 Å². The Morgan fingerprint density at radius 1 is 1.03 bits per heavy atom. The third kappa shape index (κ3) is 4.78. The SMILES string of the molecule is CNCc1ccccc1-n1c(O)nnc1-c1cc(C(=O)N(C)Cc2ccc(F)cc2)c(O)cc1O. The van der Waals surface area contributed by atoms with E-state index in [0.29, 0.717) is 17.8 Å². The lowest BCUT2D eigenvalue weighted by Crippen LogP contribution is -2.26. The summed E-state index contributed by atoms with van der Waals surface area (Å²) in [7, 11) is 3.33. The number of benzene rings is 3. The highest BCUT2D eigenvalue weighted by Crippen LogP contribution is 2.37. The van der Waals surface area contributed by atoms with Gasteiger partial charge in [0.05, 0.1) is 16.8 Å². The minimum atomic E-state index is -0.529. The summed E-state index contributed by atoms with van der Waals surface area (Å²) in [5, 5.41) is 42.3. The molecule has 10 heteroatoms. The summed E-state index contributed by atoms with van der Waals surface area (Å²) in [6, 6.07) is 14.9. The van der Waals surface area contributed by atoms with Gasteiger partial charge in [-0.3, -0.25) is 4.79 Å². The maximum Gasteiger partial charge on any atom is 0.319 e. The van der Waals surface area contributed by atoms with E-state index in [1.807, 2.05) is 12.1 Å². The molecule has 0 saturated heterocycles. The molecule has 35 heavy (non-hydrogen) atoms. The molecule has 0 atom stereocenters. The summed E-state index contributed by atoms with van der Waals surface area (Å²) in [5.41, 5.74) is 2.12. The maximum atomic E-state index is 13.2. The maximum absolute atomic E-state index is 13.2. The van der Waals surface area contributed by atoms with E-state index in [1.165, 1.54) is 27.7 Å². The van der Waals surface area contributed by atoms with Crippen LogP contribution in [0.1, 0.15) is 21.5 Å². The van der Waals surface area contributed by atoms with Gasteiger partial charge in [-0.1, -0.05) is 35.4 Å². The number of aromatic hydroxyl groups is 3. The van der Waals surface area contributed by atoms with E-state index >= 15 is 0 Å². The van der Waals surface area contributed by atoms with Crippen molar-refractivity contribution in [3.63, 3.8) is 0 Å². The number of amides is 1. The van der Waals surface area contributed by atoms with Gasteiger partial charge in [0.25, 0.3) is 5.91 Å². The smallest absolute Gasteiger partial charge is 0.319 e. The van der Waals surface area contributed by atoms with Gasteiger partial charge in [-0.05, 0) is 42.4 Å². The molecule has 9 nitrogen and oxygen atoms in total. The number of aromatic nitrogens is 3. The molecule has 180 valence electrons. The highest BCUT2D eigenvalue weighted by atomic mass is 19.1. The lowest BCUT2D eigenvalue weighted by molar-refractivity contribution is 0.0782. The lowest BCUT2D eigenvalue weighted by Gasteiger charge is -2.19. The highest BCUT2D eigenvalue weighted by Gasteiger charge is 2.24. The zero-order valence-electron chi connectivity index (χ0n) is 19.1. The van der Waals surface area contributed by atoms with Crippen molar-refractivity contribution in [2.45, 2.75) is 13.1 Å². The predicted molar refractivity (Wildman–Crippen MR) is 127 cm³/mol. The Morgan fingerprint density at radius 2 is 1.74 bits per heavy atom. The van der Waals surface area contributed by atoms with Crippen LogP contribution in [-0.4, -0.2) is 55.0 Å². The van der Waals surface area contributed by atoms with Gasteiger partial charge < -0.3 is 25.5 Å². The van der Waals surface area contributed by atoms with Crippen molar-refractivity contribution in [1.82, 2.24) is 25.0 Å². The van der Waals surface area contributed by atoms with Gasteiger partial charge in [0, 0.05) is 26.2 Å². The van der Waals surface area contributed by atoms with E-state index in [2.05, 4.69) is 15.5 Å². The van der Waals surface area contributed by atoms with Crippen molar-refractivity contribution in [1.29, 1.82) is 0 Å². The Kier molecular flexibility index (Phi) is 6.65. The van der Waals surface area contributed by atoms with Crippen LogP contribution in [0.25, 0.3) is 17.1 Å². The molecule has 3 aromatic carbocycles. The fourth-order valence-corrected chi connectivity index (χ4v) is 3.81. The van der Waals surface area contributed by atoms with Crippen molar-refractivity contribution >= 4 is 5.91 Å². The first-order valence-electron chi connectivity index (χ1n) is 10.7. The second-order valence-electron chi connectivity index (χ2n) is 7.99. The van der Waals surface area contributed by atoms with Gasteiger partial charge in [0.2, 0.25) is 0 Å². The van der Waals surface area contributed by atoms with E-state index in [4.69, 9.17) is 0 Å². The summed E-state index contributed by atoms with van der Waals surface area (Å²) in [4.78, 5) is 14.5. The normalized spacial score (nSPS) is 10.9. The standard InChI is InChI=1S/C25H24FN5O4/c1-27-13-16-5-3-4-6-20(16)31-23(28-29-25(31)35)18-11-19(22(33)12-21(18)32)24(34)30(2)14-15-7-9-17(26)10-8-15/h3-12,27,32-33H,13-14H2,1-2H3,(H,29,35). The summed E-state index contributed by atoms with van der Waals surface area (Å²) in [6.45, 7) is 0.663. The summed E-state index contributed by atoms with van der Waals surface area (Å²) in [5.74, 6) is -1.60. The Balaban J connectivity index is 1.75. The van der Waals surface area contributed by atoms with Crippen LogP contribution < -0.4 is 5.32 Å². The first-order valence-corrected chi connectivity index (χ1v) is 10.7. The van der Waals surface area contributed by atoms with Gasteiger partial charge >= 0.3 is 6.01 Å². The van der Waals surface area contributed by atoms with Crippen LogP contribution in [0.15, 0.2) is 60.7 Å². The van der Waals surface area contributed by atoms with E-state index in [9.17, 15) is 24.5 Å². The number of para-hydroxylation sites is 1. The molecule has 4 rings (SSSR count). The summed E-state index contributed by atoms with van der Waals surface area (Å²) >= 11 is 0. The largest absolute Gasteiger partial charge is 0.507 e. The van der Waals surface area contributed by atoms with Crippen LogP contribution in [0, 0.1) is 5.82 Å². The monoisotopic (exact) mass is 477 g/mol. The Morgan fingerprint density at radius 3 is 2.46 bits per heavy atom. The Hall–Kier alpha value is -4.44. The molecule has 0 unspecified atom stereocenters. The van der Waals surface area contributed by atoms with Crippen LogP contribution in [0.2, 0.25) is 0 Å². The zero-order valence-corrected chi connectivity index (χ0v) is 19.1. The fraction of sp³-hybridized carbons (Fsp3) is 0.160. The molecule has 0 bridgehead atoms. The molecule has 4 aromatic rings. The molecule has 0 saturated carbocycles. The van der Waals surface area contributed by atoms with Gasteiger partial charge in [0.15, 0.2) is 5.82 Å². The van der Waals surface area contributed by atoms with Gasteiger partial charge in [0.1, 0.15) is 17.3 Å². The molecule has 0 aliphatic heterocycles.